The van der Waals surface area contributed by atoms with Crippen molar-refractivity contribution in [3.8, 4) is 5.75 Å². The summed E-state index contributed by atoms with van der Waals surface area (Å²) in [5, 5.41) is 9.61. The number of anilines is 1. The maximum atomic E-state index is 9.61. The molecule has 0 bridgehead atoms. The van der Waals surface area contributed by atoms with Gasteiger partial charge >= 0.3 is 0 Å². The number of aliphatic hydroxyl groups excluding tert-OH is 1. The van der Waals surface area contributed by atoms with Gasteiger partial charge in [-0.05, 0) is 31.1 Å². The fraction of sp³-hybridized carbons (Fsp3) is 0.412. The van der Waals surface area contributed by atoms with Crippen LogP contribution in [0.3, 0.4) is 0 Å². The Bertz CT molecular complexity index is 580. The Labute approximate surface area is 125 Å². The molecule has 1 saturated heterocycles. The summed E-state index contributed by atoms with van der Waals surface area (Å²) in [6, 6.07) is 8.01. The summed E-state index contributed by atoms with van der Waals surface area (Å²) < 4.78 is 5.50. The summed E-state index contributed by atoms with van der Waals surface area (Å²) in [7, 11) is 1.69. The van der Waals surface area contributed by atoms with E-state index in [1.807, 2.05) is 18.2 Å². The van der Waals surface area contributed by atoms with Crippen LogP contribution in [0.2, 0.25) is 0 Å². The second kappa shape index (κ2) is 5.82. The molecule has 1 aliphatic carbocycles. The number of nitrogens with two attached hydrogens (primary N) is 1. The third-order valence-electron chi connectivity index (χ3n) is 4.38. The van der Waals surface area contributed by atoms with E-state index in [0.717, 1.165) is 36.5 Å². The molecule has 0 aromatic heterocycles. The van der Waals surface area contributed by atoms with Crippen molar-refractivity contribution in [2.24, 2.45) is 17.6 Å². The van der Waals surface area contributed by atoms with E-state index >= 15 is 0 Å². The summed E-state index contributed by atoms with van der Waals surface area (Å²) >= 11 is 0. The normalized spacial score (nSPS) is 25.0. The van der Waals surface area contributed by atoms with Crippen LogP contribution >= 0.6 is 0 Å². The van der Waals surface area contributed by atoms with Gasteiger partial charge in [-0.1, -0.05) is 18.2 Å². The molecule has 0 spiro atoms. The van der Waals surface area contributed by atoms with Crippen LogP contribution in [0.25, 0.3) is 0 Å². The summed E-state index contributed by atoms with van der Waals surface area (Å²) in [6.45, 7) is 1.01. The van der Waals surface area contributed by atoms with Gasteiger partial charge in [-0.25, -0.2) is 0 Å². The largest absolute Gasteiger partial charge is 0.495 e. The van der Waals surface area contributed by atoms with E-state index in [4.69, 9.17) is 10.5 Å². The molecule has 0 radical (unpaired) electrons. The van der Waals surface area contributed by atoms with E-state index in [2.05, 4.69) is 23.1 Å². The number of fused-ring (bicyclic) bond motifs is 1. The molecule has 1 aliphatic heterocycles. The number of hydrogen-bond acceptors (Lipinski definition) is 4. The second-order valence-corrected chi connectivity index (χ2v) is 5.77. The molecular weight excluding hydrogens is 264 g/mol. The maximum Gasteiger partial charge on any atom is 0.142 e. The monoisotopic (exact) mass is 286 g/mol. The molecule has 4 nitrogen and oxygen atoms in total. The van der Waals surface area contributed by atoms with Crippen molar-refractivity contribution in [3.05, 3.63) is 47.8 Å². The van der Waals surface area contributed by atoms with Gasteiger partial charge in [0, 0.05) is 36.4 Å². The summed E-state index contributed by atoms with van der Waals surface area (Å²) in [6.07, 6.45) is 6.10. The molecule has 1 fully saturated rings. The highest BCUT2D eigenvalue weighted by Gasteiger charge is 2.33. The zero-order valence-electron chi connectivity index (χ0n) is 12.3. The highest BCUT2D eigenvalue weighted by Crippen LogP contribution is 2.41. The fourth-order valence-electron chi connectivity index (χ4n) is 3.32. The molecule has 4 heteroatoms. The summed E-state index contributed by atoms with van der Waals surface area (Å²) in [5.74, 6) is 1.56. The minimum Gasteiger partial charge on any atom is -0.495 e. The van der Waals surface area contributed by atoms with Gasteiger partial charge in [0.05, 0.1) is 12.8 Å². The highest BCUT2D eigenvalue weighted by atomic mass is 16.5. The Morgan fingerprint density at radius 3 is 2.95 bits per heavy atom. The molecule has 2 aliphatic rings. The number of nitrogens with zero attached hydrogens (tertiary/aromatic N) is 1. The first kappa shape index (κ1) is 14.0. The van der Waals surface area contributed by atoms with Gasteiger partial charge in [0.1, 0.15) is 5.75 Å². The molecule has 112 valence electrons. The predicted octanol–water partition coefficient (Wildman–Crippen LogP) is 2.26. The lowest BCUT2D eigenvalue weighted by Gasteiger charge is -2.42. The number of allylic oxidation sites excluding steroid dienone is 3. The number of aliphatic hydroxyl groups is 1. The zero-order valence-corrected chi connectivity index (χ0v) is 12.3. The standard InChI is InChI=1S/C17H22N2O2/c1-21-17-5-3-2-4-15(17)19-10-12(11-20)8-13-6-7-14(18)9-16(13)19/h2-5,7,9,12-13,20H,6,8,10-11,18H2,1H3. The molecular formula is C17H22N2O2. The lowest BCUT2D eigenvalue weighted by molar-refractivity contribution is 0.196. The third kappa shape index (κ3) is 2.63. The minimum atomic E-state index is 0.217. The number of hydrogen-bond donors (Lipinski definition) is 2. The molecule has 0 saturated carbocycles. The Morgan fingerprint density at radius 1 is 1.38 bits per heavy atom. The highest BCUT2D eigenvalue weighted by molar-refractivity contribution is 5.63. The van der Waals surface area contributed by atoms with Crippen LogP contribution in [0.1, 0.15) is 12.8 Å². The van der Waals surface area contributed by atoms with Crippen molar-refractivity contribution in [2.75, 3.05) is 25.2 Å². The number of piperidine rings is 1. The van der Waals surface area contributed by atoms with Crippen molar-refractivity contribution >= 4 is 5.69 Å². The van der Waals surface area contributed by atoms with Crippen LogP contribution in [0, 0.1) is 11.8 Å². The van der Waals surface area contributed by atoms with Gasteiger partial charge in [-0.15, -0.1) is 0 Å². The van der Waals surface area contributed by atoms with Gasteiger partial charge in [0.15, 0.2) is 0 Å². The first-order valence-electron chi connectivity index (χ1n) is 7.41. The Kier molecular flexibility index (Phi) is 3.88. The molecule has 2 atom stereocenters. The molecule has 0 amide bonds. The number of ether oxygens (including phenoxy) is 1. The molecule has 2 unspecified atom stereocenters. The van der Waals surface area contributed by atoms with Gasteiger partial charge < -0.3 is 20.5 Å². The minimum absolute atomic E-state index is 0.217. The topological polar surface area (TPSA) is 58.7 Å². The van der Waals surface area contributed by atoms with Gasteiger partial charge in [0.2, 0.25) is 0 Å². The second-order valence-electron chi connectivity index (χ2n) is 5.77. The summed E-state index contributed by atoms with van der Waals surface area (Å²) in [5.41, 5.74) is 9.11. The smallest absolute Gasteiger partial charge is 0.142 e. The molecule has 1 aromatic rings. The van der Waals surface area contributed by atoms with Crippen LogP contribution in [0.15, 0.2) is 47.8 Å². The Balaban J connectivity index is 2.02. The van der Waals surface area contributed by atoms with E-state index in [9.17, 15) is 5.11 Å². The van der Waals surface area contributed by atoms with Crippen molar-refractivity contribution in [1.82, 2.24) is 0 Å². The number of para-hydroxylation sites is 2. The number of methoxy groups -OCH3 is 1. The fourth-order valence-corrected chi connectivity index (χ4v) is 3.32. The lowest BCUT2D eigenvalue weighted by Crippen LogP contribution is -2.41. The molecule has 1 heterocycles. The van der Waals surface area contributed by atoms with E-state index in [-0.39, 0.29) is 12.5 Å². The quantitative estimate of drug-likeness (QED) is 0.895. The number of rotatable bonds is 3. The average Bonchev–Trinajstić information content (AvgIpc) is 2.53. The first-order valence-corrected chi connectivity index (χ1v) is 7.41. The van der Waals surface area contributed by atoms with Crippen molar-refractivity contribution in [1.29, 1.82) is 0 Å². The van der Waals surface area contributed by atoms with Crippen molar-refractivity contribution < 1.29 is 9.84 Å². The Morgan fingerprint density at radius 2 is 2.19 bits per heavy atom. The molecule has 3 rings (SSSR count). The third-order valence-corrected chi connectivity index (χ3v) is 4.38. The van der Waals surface area contributed by atoms with Crippen LogP contribution in [-0.2, 0) is 0 Å². The summed E-state index contributed by atoms with van der Waals surface area (Å²) in [4.78, 5) is 2.26. The van der Waals surface area contributed by atoms with Crippen LogP contribution in [-0.4, -0.2) is 25.4 Å². The SMILES string of the molecule is COc1ccccc1N1CC(CO)CC2CC=C(N)C=C21. The predicted molar refractivity (Wildman–Crippen MR) is 84.0 cm³/mol. The average molecular weight is 286 g/mol. The zero-order chi connectivity index (χ0) is 14.8. The van der Waals surface area contributed by atoms with Gasteiger partial charge in [-0.2, -0.15) is 0 Å². The van der Waals surface area contributed by atoms with Crippen LogP contribution in [0.4, 0.5) is 5.69 Å². The van der Waals surface area contributed by atoms with E-state index < -0.39 is 0 Å². The van der Waals surface area contributed by atoms with E-state index in [1.54, 1.807) is 7.11 Å². The molecule has 1 aromatic carbocycles. The first-order chi connectivity index (χ1) is 10.2. The molecule has 21 heavy (non-hydrogen) atoms. The van der Waals surface area contributed by atoms with E-state index in [0.29, 0.717) is 5.92 Å². The lowest BCUT2D eigenvalue weighted by atomic mass is 9.81. The van der Waals surface area contributed by atoms with Gasteiger partial charge in [-0.3, -0.25) is 0 Å². The van der Waals surface area contributed by atoms with E-state index in [1.165, 1.54) is 5.70 Å². The van der Waals surface area contributed by atoms with Crippen LogP contribution < -0.4 is 15.4 Å². The van der Waals surface area contributed by atoms with Crippen molar-refractivity contribution in [2.45, 2.75) is 12.8 Å². The Hall–Kier alpha value is -1.94. The van der Waals surface area contributed by atoms with Crippen LogP contribution in [0.5, 0.6) is 5.75 Å². The maximum absolute atomic E-state index is 9.61. The number of benzene rings is 1. The van der Waals surface area contributed by atoms with Gasteiger partial charge in [0.25, 0.3) is 0 Å². The van der Waals surface area contributed by atoms with Crippen molar-refractivity contribution in [3.63, 3.8) is 0 Å². The molecule has 3 N–H and O–H groups in total.